The zero-order valence-corrected chi connectivity index (χ0v) is 14.9. The molecule has 1 saturated carbocycles. The minimum atomic E-state index is -0.583. The van der Waals surface area contributed by atoms with Gasteiger partial charge < -0.3 is 14.5 Å². The molecule has 0 spiro atoms. The number of ether oxygens (including phenoxy) is 1. The minimum Gasteiger partial charge on any atom is -0.468 e. The van der Waals surface area contributed by atoms with Gasteiger partial charge in [-0.25, -0.2) is 4.79 Å². The van der Waals surface area contributed by atoms with E-state index in [-0.39, 0.29) is 25.1 Å². The minimum absolute atomic E-state index is 0.00903. The maximum atomic E-state index is 12.3. The number of fused-ring (bicyclic) bond motifs is 1. The standard InChI is InChI=1S/C18H25N3O5/c1-25-17(23)15-9-12-5-2-3-7-14(12)21(15)11-16(22)20-18(24)19-10-13-6-4-8-26-13/h4,6,8,12,14-15H,2-3,5,7,9-11H2,1H3,(H2,19,20,22,24). The predicted octanol–water partition coefficient (Wildman–Crippen LogP) is 1.41. The lowest BCUT2D eigenvalue weighted by atomic mass is 9.85. The molecule has 2 N–H and O–H groups in total. The largest absolute Gasteiger partial charge is 0.468 e. The van der Waals surface area contributed by atoms with E-state index in [0.29, 0.717) is 11.7 Å². The number of methoxy groups -OCH3 is 1. The van der Waals surface area contributed by atoms with E-state index in [1.807, 2.05) is 4.90 Å². The smallest absolute Gasteiger partial charge is 0.323 e. The number of hydrogen-bond acceptors (Lipinski definition) is 6. The average Bonchev–Trinajstić information content (AvgIpc) is 3.27. The van der Waals surface area contributed by atoms with Crippen molar-refractivity contribution in [2.45, 2.75) is 50.7 Å². The van der Waals surface area contributed by atoms with Crippen molar-refractivity contribution in [3.05, 3.63) is 24.2 Å². The third kappa shape index (κ3) is 4.24. The quantitative estimate of drug-likeness (QED) is 0.767. The van der Waals surface area contributed by atoms with E-state index in [4.69, 9.17) is 9.15 Å². The Kier molecular flexibility index (Phi) is 5.92. The Bertz CT molecular complexity index is 645. The number of urea groups is 1. The normalized spacial score (nSPS) is 25.3. The van der Waals surface area contributed by atoms with Crippen LogP contribution in [0.2, 0.25) is 0 Å². The average molecular weight is 363 g/mol. The van der Waals surface area contributed by atoms with E-state index in [1.165, 1.54) is 13.4 Å². The lowest BCUT2D eigenvalue weighted by Crippen LogP contribution is -2.50. The highest BCUT2D eigenvalue weighted by Gasteiger charge is 2.46. The molecule has 1 aromatic heterocycles. The first-order valence-electron chi connectivity index (χ1n) is 9.02. The number of likely N-dealkylation sites (tertiary alicyclic amines) is 1. The van der Waals surface area contributed by atoms with Crippen LogP contribution >= 0.6 is 0 Å². The molecule has 8 heteroatoms. The number of furan rings is 1. The van der Waals surface area contributed by atoms with Crippen LogP contribution in [0.5, 0.6) is 0 Å². The SMILES string of the molecule is COC(=O)C1CC2CCCCC2N1CC(=O)NC(=O)NCc1ccco1. The Morgan fingerprint density at radius 2 is 2.12 bits per heavy atom. The van der Waals surface area contributed by atoms with Crippen LogP contribution in [0.15, 0.2) is 22.8 Å². The third-order valence-electron chi connectivity index (χ3n) is 5.28. The Hall–Kier alpha value is -2.35. The summed E-state index contributed by atoms with van der Waals surface area (Å²) in [6.45, 7) is 0.209. The number of carbonyl (C=O) groups is 3. The molecule has 3 atom stereocenters. The molecular weight excluding hydrogens is 338 g/mol. The molecular formula is C18H25N3O5. The van der Waals surface area contributed by atoms with Crippen molar-refractivity contribution in [1.29, 1.82) is 0 Å². The molecule has 0 radical (unpaired) electrons. The zero-order valence-electron chi connectivity index (χ0n) is 14.9. The van der Waals surface area contributed by atoms with Gasteiger partial charge in [-0.05, 0) is 37.3 Å². The van der Waals surface area contributed by atoms with E-state index < -0.39 is 18.0 Å². The van der Waals surface area contributed by atoms with E-state index in [0.717, 1.165) is 32.1 Å². The van der Waals surface area contributed by atoms with Gasteiger partial charge in [0, 0.05) is 6.04 Å². The fraction of sp³-hybridized carbons (Fsp3) is 0.611. The molecule has 2 fully saturated rings. The highest BCUT2D eigenvalue weighted by atomic mass is 16.5. The summed E-state index contributed by atoms with van der Waals surface area (Å²) in [7, 11) is 1.37. The van der Waals surface area contributed by atoms with Crippen LogP contribution in [0.1, 0.15) is 37.9 Å². The fourth-order valence-corrected chi connectivity index (χ4v) is 4.10. The van der Waals surface area contributed by atoms with Crippen LogP contribution in [0.3, 0.4) is 0 Å². The van der Waals surface area contributed by atoms with Crippen LogP contribution in [-0.2, 0) is 20.9 Å². The van der Waals surface area contributed by atoms with Crippen molar-refractivity contribution in [3.63, 3.8) is 0 Å². The zero-order chi connectivity index (χ0) is 18.5. The third-order valence-corrected chi connectivity index (χ3v) is 5.28. The van der Waals surface area contributed by atoms with Gasteiger partial charge in [-0.2, -0.15) is 0 Å². The summed E-state index contributed by atoms with van der Waals surface area (Å²) < 4.78 is 10.0. The molecule has 3 unspecified atom stereocenters. The maximum Gasteiger partial charge on any atom is 0.323 e. The number of esters is 1. The molecule has 2 heterocycles. The molecule has 2 aliphatic rings. The molecule has 8 nitrogen and oxygen atoms in total. The highest BCUT2D eigenvalue weighted by Crippen LogP contribution is 2.39. The molecule has 26 heavy (non-hydrogen) atoms. The Labute approximate surface area is 152 Å². The summed E-state index contributed by atoms with van der Waals surface area (Å²) in [6.07, 6.45) is 6.52. The molecule has 1 aliphatic heterocycles. The first-order valence-corrected chi connectivity index (χ1v) is 9.02. The molecule has 142 valence electrons. The summed E-state index contributed by atoms with van der Waals surface area (Å²) >= 11 is 0. The number of amides is 3. The second-order valence-corrected chi connectivity index (χ2v) is 6.87. The monoisotopic (exact) mass is 363 g/mol. The number of rotatable bonds is 5. The number of hydrogen-bond donors (Lipinski definition) is 2. The van der Waals surface area contributed by atoms with Gasteiger partial charge in [0.15, 0.2) is 0 Å². The van der Waals surface area contributed by atoms with Crippen molar-refractivity contribution in [3.8, 4) is 0 Å². The molecule has 3 amide bonds. The first kappa shape index (κ1) is 18.4. The van der Waals surface area contributed by atoms with Crippen molar-refractivity contribution in [2.75, 3.05) is 13.7 Å². The van der Waals surface area contributed by atoms with Gasteiger partial charge in [-0.15, -0.1) is 0 Å². The van der Waals surface area contributed by atoms with E-state index in [2.05, 4.69) is 10.6 Å². The predicted molar refractivity (Wildman–Crippen MR) is 92.0 cm³/mol. The number of carbonyl (C=O) groups excluding carboxylic acids is 3. The number of imide groups is 1. The van der Waals surface area contributed by atoms with Crippen LogP contribution in [0, 0.1) is 5.92 Å². The van der Waals surface area contributed by atoms with Gasteiger partial charge >= 0.3 is 12.0 Å². The Morgan fingerprint density at radius 1 is 1.31 bits per heavy atom. The van der Waals surface area contributed by atoms with Gasteiger partial charge in [-0.1, -0.05) is 12.8 Å². The van der Waals surface area contributed by atoms with Gasteiger partial charge in [-0.3, -0.25) is 19.8 Å². The lowest BCUT2D eigenvalue weighted by Gasteiger charge is -2.32. The molecule has 1 aromatic rings. The van der Waals surface area contributed by atoms with E-state index in [1.54, 1.807) is 12.1 Å². The molecule has 0 bridgehead atoms. The van der Waals surface area contributed by atoms with Crippen LogP contribution in [-0.4, -0.2) is 48.5 Å². The molecule has 3 rings (SSSR count). The summed E-state index contributed by atoms with van der Waals surface area (Å²) in [5, 5.41) is 4.89. The topological polar surface area (TPSA) is 101 Å². The van der Waals surface area contributed by atoms with Crippen molar-refractivity contribution >= 4 is 17.9 Å². The van der Waals surface area contributed by atoms with Gasteiger partial charge in [0.2, 0.25) is 5.91 Å². The van der Waals surface area contributed by atoms with Gasteiger partial charge in [0.05, 0.1) is 26.5 Å². The number of nitrogens with zero attached hydrogens (tertiary/aromatic N) is 1. The summed E-state index contributed by atoms with van der Waals surface area (Å²) in [6, 6.07) is 2.66. The van der Waals surface area contributed by atoms with E-state index >= 15 is 0 Å². The molecule has 1 aliphatic carbocycles. The van der Waals surface area contributed by atoms with Crippen LogP contribution in [0.25, 0.3) is 0 Å². The first-order chi connectivity index (χ1) is 12.6. The summed E-state index contributed by atoms with van der Waals surface area (Å²) in [4.78, 5) is 38.2. The Balaban J connectivity index is 1.55. The summed E-state index contributed by atoms with van der Waals surface area (Å²) in [5.41, 5.74) is 0. The Morgan fingerprint density at radius 3 is 2.85 bits per heavy atom. The van der Waals surface area contributed by atoms with Crippen molar-refractivity contribution in [2.24, 2.45) is 5.92 Å². The van der Waals surface area contributed by atoms with Gasteiger partial charge in [0.25, 0.3) is 0 Å². The van der Waals surface area contributed by atoms with E-state index in [9.17, 15) is 14.4 Å². The lowest BCUT2D eigenvalue weighted by molar-refractivity contribution is -0.146. The highest BCUT2D eigenvalue weighted by molar-refractivity contribution is 5.95. The van der Waals surface area contributed by atoms with Crippen molar-refractivity contribution < 1.29 is 23.5 Å². The number of nitrogens with one attached hydrogen (secondary N) is 2. The second-order valence-electron chi connectivity index (χ2n) is 6.87. The van der Waals surface area contributed by atoms with Crippen LogP contribution in [0.4, 0.5) is 4.79 Å². The fourth-order valence-electron chi connectivity index (χ4n) is 4.10. The second kappa shape index (κ2) is 8.35. The van der Waals surface area contributed by atoms with Crippen LogP contribution < -0.4 is 10.6 Å². The molecule has 0 aromatic carbocycles. The van der Waals surface area contributed by atoms with Crippen molar-refractivity contribution in [1.82, 2.24) is 15.5 Å². The maximum absolute atomic E-state index is 12.3. The summed E-state index contributed by atoms with van der Waals surface area (Å²) in [5.74, 6) is 0.271. The molecule has 1 saturated heterocycles. The van der Waals surface area contributed by atoms with Gasteiger partial charge in [0.1, 0.15) is 11.8 Å².